The maximum absolute atomic E-state index is 12.9. The minimum Gasteiger partial charge on any atom is -0.435 e. The lowest BCUT2D eigenvalue weighted by molar-refractivity contribution is -0.0498. The maximum atomic E-state index is 12.9. The summed E-state index contributed by atoms with van der Waals surface area (Å²) in [5.41, 5.74) is 3.14. The molecule has 1 amide bonds. The first-order valence-corrected chi connectivity index (χ1v) is 10.4. The van der Waals surface area contributed by atoms with E-state index in [0.717, 1.165) is 18.7 Å². The first kappa shape index (κ1) is 21.9. The van der Waals surface area contributed by atoms with E-state index in [1.54, 1.807) is 22.9 Å². The third-order valence-electron chi connectivity index (χ3n) is 5.14. The molecule has 1 atom stereocenters. The number of ether oxygens (including phenoxy) is 2. The summed E-state index contributed by atoms with van der Waals surface area (Å²) in [4.78, 5) is 12.9. The fourth-order valence-electron chi connectivity index (χ4n) is 3.57. The molecule has 1 aliphatic heterocycles. The molecule has 1 saturated heterocycles. The molecule has 2 aromatic carbocycles. The van der Waals surface area contributed by atoms with E-state index in [2.05, 4.69) is 20.5 Å². The van der Waals surface area contributed by atoms with E-state index in [1.165, 1.54) is 12.1 Å². The SMILES string of the molecule is CCn1nc(-c2cccc(OC(F)F)c2)cc1C(=O)Nc1ccc([C@H]2CNCCO2)cc1. The minimum absolute atomic E-state index is 0.00222. The number of rotatable bonds is 7. The van der Waals surface area contributed by atoms with Crippen LogP contribution in [0.2, 0.25) is 0 Å². The molecule has 32 heavy (non-hydrogen) atoms. The Hall–Kier alpha value is -3.30. The summed E-state index contributed by atoms with van der Waals surface area (Å²) in [6.45, 7) is 1.71. The molecule has 2 N–H and O–H groups in total. The second-order valence-corrected chi connectivity index (χ2v) is 7.28. The Balaban J connectivity index is 1.50. The first-order chi connectivity index (χ1) is 15.5. The Labute approximate surface area is 184 Å². The zero-order chi connectivity index (χ0) is 22.5. The Morgan fingerprint density at radius 3 is 2.78 bits per heavy atom. The van der Waals surface area contributed by atoms with Crippen molar-refractivity contribution < 1.29 is 23.0 Å². The smallest absolute Gasteiger partial charge is 0.387 e. The monoisotopic (exact) mass is 442 g/mol. The van der Waals surface area contributed by atoms with Gasteiger partial charge in [-0.1, -0.05) is 24.3 Å². The third kappa shape index (κ3) is 5.12. The molecular formula is C23H24F2N4O3. The number of benzene rings is 2. The highest BCUT2D eigenvalue weighted by Crippen LogP contribution is 2.26. The van der Waals surface area contributed by atoms with Gasteiger partial charge in [0.15, 0.2) is 0 Å². The summed E-state index contributed by atoms with van der Waals surface area (Å²) in [5, 5.41) is 10.6. The van der Waals surface area contributed by atoms with Gasteiger partial charge in [0, 0.05) is 30.9 Å². The number of amides is 1. The Morgan fingerprint density at radius 1 is 1.28 bits per heavy atom. The van der Waals surface area contributed by atoms with Crippen LogP contribution in [0.15, 0.2) is 54.6 Å². The number of aryl methyl sites for hydroxylation is 1. The largest absolute Gasteiger partial charge is 0.435 e. The lowest BCUT2D eigenvalue weighted by atomic mass is 10.1. The van der Waals surface area contributed by atoms with Crippen molar-refractivity contribution in [3.63, 3.8) is 0 Å². The van der Waals surface area contributed by atoms with Crippen molar-refractivity contribution >= 4 is 11.6 Å². The lowest BCUT2D eigenvalue weighted by Crippen LogP contribution is -2.33. The zero-order valence-electron chi connectivity index (χ0n) is 17.6. The van der Waals surface area contributed by atoms with Gasteiger partial charge in [-0.2, -0.15) is 13.9 Å². The summed E-state index contributed by atoms with van der Waals surface area (Å²) >= 11 is 0. The van der Waals surface area contributed by atoms with Crippen LogP contribution in [0.25, 0.3) is 11.3 Å². The van der Waals surface area contributed by atoms with Gasteiger partial charge in [-0.05, 0) is 42.8 Å². The van der Waals surface area contributed by atoms with Crippen LogP contribution in [0.3, 0.4) is 0 Å². The second kappa shape index (κ2) is 9.88. The molecule has 1 fully saturated rings. The molecule has 1 aromatic heterocycles. The van der Waals surface area contributed by atoms with Gasteiger partial charge in [0.2, 0.25) is 0 Å². The lowest BCUT2D eigenvalue weighted by Gasteiger charge is -2.24. The van der Waals surface area contributed by atoms with Gasteiger partial charge in [-0.15, -0.1) is 0 Å². The Bertz CT molecular complexity index is 1060. The molecule has 1 aliphatic rings. The van der Waals surface area contributed by atoms with E-state index in [0.29, 0.717) is 35.8 Å². The van der Waals surface area contributed by atoms with Gasteiger partial charge >= 0.3 is 6.61 Å². The molecule has 2 heterocycles. The number of anilines is 1. The topological polar surface area (TPSA) is 77.4 Å². The molecule has 0 unspecified atom stereocenters. The van der Waals surface area contributed by atoms with Crippen molar-refractivity contribution in [3.8, 4) is 17.0 Å². The fourth-order valence-corrected chi connectivity index (χ4v) is 3.57. The number of alkyl halides is 2. The molecule has 0 radical (unpaired) electrons. The highest BCUT2D eigenvalue weighted by atomic mass is 19.3. The van der Waals surface area contributed by atoms with Crippen molar-refractivity contribution in [2.45, 2.75) is 26.2 Å². The molecule has 4 rings (SSSR count). The van der Waals surface area contributed by atoms with E-state index in [9.17, 15) is 13.6 Å². The second-order valence-electron chi connectivity index (χ2n) is 7.28. The number of carbonyl (C=O) groups excluding carboxylic acids is 1. The quantitative estimate of drug-likeness (QED) is 0.577. The van der Waals surface area contributed by atoms with Gasteiger partial charge in [-0.3, -0.25) is 9.48 Å². The number of nitrogens with zero attached hydrogens (tertiary/aromatic N) is 2. The van der Waals surface area contributed by atoms with Crippen LogP contribution in [0.5, 0.6) is 5.75 Å². The summed E-state index contributed by atoms with van der Waals surface area (Å²) in [7, 11) is 0. The van der Waals surface area contributed by atoms with E-state index in [4.69, 9.17) is 4.74 Å². The predicted molar refractivity (Wildman–Crippen MR) is 116 cm³/mol. The van der Waals surface area contributed by atoms with Crippen molar-refractivity contribution in [1.29, 1.82) is 0 Å². The Morgan fingerprint density at radius 2 is 2.09 bits per heavy atom. The molecular weight excluding hydrogens is 418 g/mol. The van der Waals surface area contributed by atoms with E-state index in [-0.39, 0.29) is 17.8 Å². The van der Waals surface area contributed by atoms with Gasteiger partial charge in [0.05, 0.1) is 18.4 Å². The highest BCUT2D eigenvalue weighted by molar-refractivity contribution is 6.03. The average molecular weight is 442 g/mol. The third-order valence-corrected chi connectivity index (χ3v) is 5.14. The molecule has 0 bridgehead atoms. The van der Waals surface area contributed by atoms with E-state index < -0.39 is 6.61 Å². The number of hydrogen-bond donors (Lipinski definition) is 2. The number of aromatic nitrogens is 2. The number of nitrogens with one attached hydrogen (secondary N) is 2. The zero-order valence-corrected chi connectivity index (χ0v) is 17.6. The minimum atomic E-state index is -2.91. The predicted octanol–water partition coefficient (Wildman–Crippen LogP) is 4.08. The molecule has 3 aromatic rings. The van der Waals surface area contributed by atoms with Gasteiger partial charge in [0.1, 0.15) is 11.4 Å². The van der Waals surface area contributed by atoms with Crippen molar-refractivity contribution in [1.82, 2.24) is 15.1 Å². The number of halogens is 2. The summed E-state index contributed by atoms with van der Waals surface area (Å²) in [6.07, 6.45) is 0.00222. The van der Waals surface area contributed by atoms with Crippen LogP contribution < -0.4 is 15.4 Å². The van der Waals surface area contributed by atoms with E-state index >= 15 is 0 Å². The first-order valence-electron chi connectivity index (χ1n) is 10.4. The van der Waals surface area contributed by atoms with Crippen LogP contribution in [-0.4, -0.2) is 42.0 Å². The average Bonchev–Trinajstić information content (AvgIpc) is 3.25. The van der Waals surface area contributed by atoms with Crippen molar-refractivity contribution in [2.75, 3.05) is 25.0 Å². The van der Waals surface area contributed by atoms with Crippen LogP contribution in [0.1, 0.15) is 29.1 Å². The molecule has 9 heteroatoms. The number of morpholine rings is 1. The fraction of sp³-hybridized carbons (Fsp3) is 0.304. The summed E-state index contributed by atoms with van der Waals surface area (Å²) in [6, 6.07) is 15.4. The van der Waals surface area contributed by atoms with Crippen molar-refractivity contribution in [3.05, 3.63) is 65.9 Å². The van der Waals surface area contributed by atoms with Crippen LogP contribution in [-0.2, 0) is 11.3 Å². The molecule has 0 aliphatic carbocycles. The summed E-state index contributed by atoms with van der Waals surface area (Å²) in [5.74, 6) is -0.277. The normalized spacial score (nSPS) is 16.2. The molecule has 7 nitrogen and oxygen atoms in total. The number of hydrogen-bond acceptors (Lipinski definition) is 5. The van der Waals surface area contributed by atoms with Crippen LogP contribution >= 0.6 is 0 Å². The molecule has 0 saturated carbocycles. The maximum Gasteiger partial charge on any atom is 0.387 e. The van der Waals surface area contributed by atoms with Crippen molar-refractivity contribution in [2.24, 2.45) is 0 Å². The Kier molecular flexibility index (Phi) is 6.77. The standard InChI is InChI=1S/C23H24F2N4O3/c1-2-29-20(13-19(28-29)16-4-3-5-18(12-16)32-23(24)25)22(30)27-17-8-6-15(7-9-17)21-14-26-10-11-31-21/h3-9,12-13,21,23,26H,2,10-11,14H2,1H3,(H,27,30)/t21-/m1/s1. The molecule has 0 spiro atoms. The summed E-state index contributed by atoms with van der Waals surface area (Å²) < 4.78 is 36.8. The van der Waals surface area contributed by atoms with Gasteiger partial charge < -0.3 is 20.1 Å². The van der Waals surface area contributed by atoms with Crippen LogP contribution in [0, 0.1) is 0 Å². The van der Waals surface area contributed by atoms with E-state index in [1.807, 2.05) is 31.2 Å². The number of carbonyl (C=O) groups is 1. The van der Waals surface area contributed by atoms with Crippen LogP contribution in [0.4, 0.5) is 14.5 Å². The van der Waals surface area contributed by atoms with Gasteiger partial charge in [-0.25, -0.2) is 0 Å². The highest BCUT2D eigenvalue weighted by Gasteiger charge is 2.18. The molecule has 168 valence electrons. The van der Waals surface area contributed by atoms with Gasteiger partial charge in [0.25, 0.3) is 5.91 Å².